The minimum atomic E-state index is -0.378. The number of carbonyl (C=O) groups excluding carboxylic acids is 1. The normalized spacial score (nSPS) is 13.7. The number of aromatic nitrogens is 3. The Hall–Kier alpha value is -4.80. The Kier molecular flexibility index (Phi) is 6.10. The maximum absolute atomic E-state index is 13.4. The number of rotatable bonds is 5. The molecule has 4 heterocycles. The number of amides is 1. The van der Waals surface area contributed by atoms with Crippen molar-refractivity contribution in [2.75, 3.05) is 42.4 Å². The summed E-state index contributed by atoms with van der Waals surface area (Å²) < 4.78 is 10.8. The predicted molar refractivity (Wildman–Crippen MR) is 156 cm³/mol. The van der Waals surface area contributed by atoms with Gasteiger partial charge < -0.3 is 10.5 Å². The Morgan fingerprint density at radius 3 is 2.60 bits per heavy atom. The molecule has 1 fully saturated rings. The van der Waals surface area contributed by atoms with Crippen LogP contribution in [-0.2, 0) is 4.74 Å². The van der Waals surface area contributed by atoms with Crippen LogP contribution in [0.1, 0.15) is 9.67 Å². The second-order valence-corrected chi connectivity index (χ2v) is 10.5. The zero-order valence-electron chi connectivity index (χ0n) is 21.4. The molecule has 3 N–H and O–H groups in total. The first-order valence-electron chi connectivity index (χ1n) is 13.0. The monoisotopic (exact) mass is 549 g/mol. The number of morpholine rings is 1. The standard InChI is InChI=1S/C30H24N6O3S/c31-27-26-23(20-7-2-1-3-8-20)17-24(22-12-6-10-19-9-4-5-11-21(19)22)32-30(26)40-28(27)29(37)33-25-18-36(34-39-25)35-13-15-38-16-14-35/h1-12,17-18H,13-16H2,(H2-,31,33,34,37)/p+1. The number of nitrogens with one attached hydrogen (secondary N) is 1. The Morgan fingerprint density at radius 1 is 0.975 bits per heavy atom. The number of ether oxygens (including phenoxy) is 1. The summed E-state index contributed by atoms with van der Waals surface area (Å²) in [4.78, 5) is 21.1. The van der Waals surface area contributed by atoms with Crippen LogP contribution in [0.2, 0.25) is 0 Å². The van der Waals surface area contributed by atoms with E-state index < -0.39 is 0 Å². The number of benzene rings is 3. The summed E-state index contributed by atoms with van der Waals surface area (Å²) in [5, 5.41) is 11.8. The Balaban J connectivity index is 1.31. The van der Waals surface area contributed by atoms with Crippen LogP contribution in [0.25, 0.3) is 43.4 Å². The van der Waals surface area contributed by atoms with E-state index in [-0.39, 0.29) is 11.8 Å². The van der Waals surface area contributed by atoms with Gasteiger partial charge in [0.15, 0.2) is 0 Å². The summed E-state index contributed by atoms with van der Waals surface area (Å²) in [6, 6.07) is 26.5. The molecule has 3 aromatic heterocycles. The first-order valence-corrected chi connectivity index (χ1v) is 13.8. The lowest BCUT2D eigenvalue weighted by Crippen LogP contribution is -2.62. The van der Waals surface area contributed by atoms with Crippen molar-refractivity contribution in [2.24, 2.45) is 0 Å². The molecule has 1 aliphatic heterocycles. The molecule has 6 aromatic rings. The van der Waals surface area contributed by atoms with Crippen molar-refractivity contribution in [1.29, 1.82) is 0 Å². The van der Waals surface area contributed by atoms with Crippen LogP contribution in [-0.4, -0.2) is 42.5 Å². The smallest absolute Gasteiger partial charge is 0.306 e. The lowest BCUT2D eigenvalue weighted by Gasteiger charge is -2.18. The second-order valence-electron chi connectivity index (χ2n) is 9.48. The molecule has 0 bridgehead atoms. The minimum Gasteiger partial charge on any atom is -0.397 e. The summed E-state index contributed by atoms with van der Waals surface area (Å²) in [5.74, 6) is -0.155. The molecule has 0 unspecified atom stereocenters. The molecule has 0 spiro atoms. The Labute approximate surface area is 233 Å². The van der Waals surface area contributed by atoms with E-state index in [1.54, 1.807) is 11.0 Å². The zero-order chi connectivity index (χ0) is 27.1. The van der Waals surface area contributed by atoms with E-state index in [0.29, 0.717) is 41.7 Å². The molecule has 7 rings (SSSR count). The van der Waals surface area contributed by atoms with Gasteiger partial charge in [-0.1, -0.05) is 72.8 Å². The third-order valence-electron chi connectivity index (χ3n) is 7.03. The molecule has 9 nitrogen and oxygen atoms in total. The average molecular weight is 550 g/mol. The van der Waals surface area contributed by atoms with Crippen LogP contribution in [0.15, 0.2) is 89.6 Å². The Bertz CT molecular complexity index is 1860. The number of nitrogens with two attached hydrogens (primary N) is 1. The molecule has 10 heteroatoms. The first kappa shape index (κ1) is 24.3. The zero-order valence-corrected chi connectivity index (χ0v) is 22.2. The molecular weight excluding hydrogens is 524 g/mol. The van der Waals surface area contributed by atoms with Gasteiger partial charge in [-0.15, -0.1) is 16.3 Å². The number of nitrogens with zero attached hydrogens (tertiary/aromatic N) is 4. The number of hydrogen-bond donors (Lipinski definition) is 2. The van der Waals surface area contributed by atoms with Crippen molar-refractivity contribution >= 4 is 49.8 Å². The van der Waals surface area contributed by atoms with Gasteiger partial charge in [-0.3, -0.25) is 14.6 Å². The van der Waals surface area contributed by atoms with Crippen LogP contribution in [0.3, 0.4) is 0 Å². The van der Waals surface area contributed by atoms with Crippen LogP contribution < -0.4 is 20.9 Å². The van der Waals surface area contributed by atoms with Gasteiger partial charge in [0.25, 0.3) is 12.1 Å². The number of fused-ring (bicyclic) bond motifs is 2. The average Bonchev–Trinajstić information content (AvgIpc) is 3.61. The van der Waals surface area contributed by atoms with E-state index in [1.807, 2.05) is 53.5 Å². The van der Waals surface area contributed by atoms with Crippen molar-refractivity contribution in [3.05, 3.63) is 89.9 Å². The fourth-order valence-corrected chi connectivity index (χ4v) is 6.09. The summed E-state index contributed by atoms with van der Waals surface area (Å²) in [6.45, 7) is 2.58. The lowest BCUT2D eigenvalue weighted by molar-refractivity contribution is -0.759. The number of nitrogen functional groups attached to an aromatic ring is 1. The summed E-state index contributed by atoms with van der Waals surface area (Å²) in [5.41, 5.74) is 10.8. The van der Waals surface area contributed by atoms with Crippen LogP contribution in [0.4, 0.5) is 11.6 Å². The Morgan fingerprint density at radius 2 is 1.75 bits per heavy atom. The molecule has 198 valence electrons. The van der Waals surface area contributed by atoms with Gasteiger partial charge in [-0.05, 0) is 28.0 Å². The maximum Gasteiger partial charge on any atom is 0.306 e. The summed E-state index contributed by atoms with van der Waals surface area (Å²) >= 11 is 1.27. The van der Waals surface area contributed by atoms with E-state index >= 15 is 0 Å². The van der Waals surface area contributed by atoms with Crippen molar-refractivity contribution < 1.29 is 18.8 Å². The van der Waals surface area contributed by atoms with Gasteiger partial charge in [0.1, 0.15) is 9.71 Å². The maximum atomic E-state index is 13.4. The van der Waals surface area contributed by atoms with Crippen LogP contribution in [0, 0.1) is 0 Å². The number of hydrogen-bond acceptors (Lipinski definition) is 8. The van der Waals surface area contributed by atoms with Gasteiger partial charge in [0.05, 0.1) is 42.5 Å². The van der Waals surface area contributed by atoms with Gasteiger partial charge in [-0.25, -0.2) is 4.98 Å². The third kappa shape index (κ3) is 4.33. The molecule has 0 aliphatic carbocycles. The van der Waals surface area contributed by atoms with Gasteiger partial charge >= 0.3 is 5.88 Å². The highest BCUT2D eigenvalue weighted by Gasteiger charge is 2.26. The highest BCUT2D eigenvalue weighted by molar-refractivity contribution is 7.21. The quantitative estimate of drug-likeness (QED) is 0.296. The molecular formula is C30H25N6O3S+. The van der Waals surface area contributed by atoms with E-state index in [9.17, 15) is 4.79 Å². The van der Waals surface area contributed by atoms with Gasteiger partial charge in [0, 0.05) is 10.9 Å². The molecule has 1 amide bonds. The van der Waals surface area contributed by atoms with E-state index in [1.165, 1.54) is 11.3 Å². The molecule has 1 aliphatic rings. The fourth-order valence-electron chi connectivity index (χ4n) is 5.08. The predicted octanol–water partition coefficient (Wildman–Crippen LogP) is 4.86. The number of carbonyl (C=O) groups is 1. The highest BCUT2D eigenvalue weighted by atomic mass is 32.1. The molecule has 0 radical (unpaired) electrons. The van der Waals surface area contributed by atoms with E-state index in [0.717, 1.165) is 38.5 Å². The number of anilines is 2. The first-order chi connectivity index (χ1) is 19.7. The fraction of sp³-hybridized carbons (Fsp3) is 0.133. The van der Waals surface area contributed by atoms with Crippen molar-refractivity contribution in [2.45, 2.75) is 0 Å². The molecule has 0 saturated carbocycles. The molecule has 0 atom stereocenters. The number of pyridine rings is 1. The third-order valence-corrected chi connectivity index (χ3v) is 8.12. The molecule has 3 aromatic carbocycles. The summed E-state index contributed by atoms with van der Waals surface area (Å²) in [7, 11) is 0. The highest BCUT2D eigenvalue weighted by Crippen LogP contribution is 2.42. The van der Waals surface area contributed by atoms with Crippen molar-refractivity contribution in [1.82, 2.24) is 10.3 Å². The molecule has 40 heavy (non-hydrogen) atoms. The summed E-state index contributed by atoms with van der Waals surface area (Å²) in [6.07, 6.45) is 1.64. The van der Waals surface area contributed by atoms with Crippen LogP contribution in [0.5, 0.6) is 0 Å². The molecule has 1 saturated heterocycles. The van der Waals surface area contributed by atoms with Gasteiger partial charge in [0.2, 0.25) is 5.27 Å². The topological polar surface area (TPSA) is 110 Å². The SMILES string of the molecule is Nc1c(C(=O)Nc2c[n+](N3CCOCC3)no2)sc2nc(-c3cccc4ccccc34)cc(-c3ccccc3)c12. The second kappa shape index (κ2) is 10.1. The van der Waals surface area contributed by atoms with E-state index in [4.69, 9.17) is 20.0 Å². The minimum absolute atomic E-state index is 0.223. The number of thiophene rings is 1. The van der Waals surface area contributed by atoms with Crippen molar-refractivity contribution in [3.8, 4) is 22.4 Å². The largest absolute Gasteiger partial charge is 0.397 e. The van der Waals surface area contributed by atoms with E-state index in [2.05, 4.69) is 40.9 Å². The van der Waals surface area contributed by atoms with Gasteiger partial charge in [-0.2, -0.15) is 0 Å². The van der Waals surface area contributed by atoms with Crippen molar-refractivity contribution in [3.63, 3.8) is 0 Å². The van der Waals surface area contributed by atoms with Crippen LogP contribution >= 0.6 is 11.3 Å². The lowest BCUT2D eigenvalue weighted by atomic mass is 9.97.